The summed E-state index contributed by atoms with van der Waals surface area (Å²) in [6.45, 7) is 4.25. The Kier molecular flexibility index (Phi) is 9.55. The van der Waals surface area contributed by atoms with Crippen molar-refractivity contribution in [2.75, 3.05) is 17.8 Å². The number of nitrogens with zero attached hydrogens (tertiary/aromatic N) is 1. The van der Waals surface area contributed by atoms with Crippen molar-refractivity contribution in [2.24, 2.45) is 4.40 Å². The van der Waals surface area contributed by atoms with Crippen LogP contribution in [-0.4, -0.2) is 30.6 Å². The van der Waals surface area contributed by atoms with E-state index in [4.69, 9.17) is 0 Å². The van der Waals surface area contributed by atoms with Crippen LogP contribution in [0.3, 0.4) is 0 Å². The van der Waals surface area contributed by atoms with E-state index in [1.807, 2.05) is 0 Å². The molecule has 0 rings (SSSR count). The third-order valence-corrected chi connectivity index (χ3v) is 4.80. The Bertz CT molecular complexity index is 287. The van der Waals surface area contributed by atoms with E-state index < -0.39 is 10.0 Å². The first kappa shape index (κ1) is 16.3. The smallest absolute Gasteiger partial charge is 0.205 e. The molecular weight excluding hydrogens is 262 g/mol. The average molecular weight is 283 g/mol. The summed E-state index contributed by atoms with van der Waals surface area (Å²) in [7, 11) is -3.25. The van der Waals surface area contributed by atoms with Gasteiger partial charge in [0.2, 0.25) is 0 Å². The molecule has 0 aromatic carbocycles. The standard InChI is InChI=1S/C10H21NO2S3/c1-4-6-8-14-10(11-16(3,12)13)15-9-7-5-2/h4-9H2,1-3H3. The molecule has 0 saturated heterocycles. The van der Waals surface area contributed by atoms with Crippen LogP contribution in [0.4, 0.5) is 0 Å². The summed E-state index contributed by atoms with van der Waals surface area (Å²) in [4.78, 5) is 0. The van der Waals surface area contributed by atoms with Crippen LogP contribution in [0.25, 0.3) is 0 Å². The van der Waals surface area contributed by atoms with Crippen LogP contribution in [0.15, 0.2) is 4.40 Å². The predicted octanol–water partition coefficient (Wildman–Crippen LogP) is 3.37. The van der Waals surface area contributed by atoms with Crippen molar-refractivity contribution in [3.8, 4) is 0 Å². The van der Waals surface area contributed by atoms with E-state index in [-0.39, 0.29) is 0 Å². The minimum absolute atomic E-state index is 0.699. The second-order valence-corrected chi connectivity index (χ2v) is 7.57. The van der Waals surface area contributed by atoms with Crippen LogP contribution in [0, 0.1) is 0 Å². The first-order valence-corrected chi connectivity index (χ1v) is 9.37. The summed E-state index contributed by atoms with van der Waals surface area (Å²) >= 11 is 3.11. The molecule has 0 spiro atoms. The van der Waals surface area contributed by atoms with Gasteiger partial charge in [0, 0.05) is 11.5 Å². The zero-order valence-corrected chi connectivity index (χ0v) is 12.7. The third kappa shape index (κ3) is 10.8. The van der Waals surface area contributed by atoms with E-state index in [1.54, 1.807) is 23.5 Å². The summed E-state index contributed by atoms with van der Waals surface area (Å²) in [5.74, 6) is 1.90. The minimum atomic E-state index is -3.25. The molecule has 0 saturated carbocycles. The summed E-state index contributed by atoms with van der Waals surface area (Å²) in [6.07, 6.45) is 5.59. The highest BCUT2D eigenvalue weighted by molar-refractivity contribution is 8.39. The van der Waals surface area contributed by atoms with E-state index >= 15 is 0 Å². The molecule has 0 atom stereocenters. The van der Waals surface area contributed by atoms with Crippen molar-refractivity contribution in [3.05, 3.63) is 0 Å². The molecule has 0 aromatic rings. The summed E-state index contributed by atoms with van der Waals surface area (Å²) in [6, 6.07) is 0. The van der Waals surface area contributed by atoms with Gasteiger partial charge in [0.05, 0.1) is 6.26 Å². The van der Waals surface area contributed by atoms with Crippen LogP contribution in [0.2, 0.25) is 0 Å². The molecule has 16 heavy (non-hydrogen) atoms. The second kappa shape index (κ2) is 9.36. The van der Waals surface area contributed by atoms with Gasteiger partial charge < -0.3 is 0 Å². The van der Waals surface area contributed by atoms with Gasteiger partial charge in [0.1, 0.15) is 4.38 Å². The van der Waals surface area contributed by atoms with Crippen molar-refractivity contribution in [1.82, 2.24) is 0 Å². The molecule has 0 aliphatic rings. The highest BCUT2D eigenvalue weighted by Gasteiger charge is 2.06. The molecule has 96 valence electrons. The minimum Gasteiger partial charge on any atom is -0.205 e. The number of thioether (sulfide) groups is 2. The Hall–Kier alpha value is 0.320. The Morgan fingerprint density at radius 1 is 1.06 bits per heavy atom. The molecule has 0 aromatic heterocycles. The lowest BCUT2D eigenvalue weighted by Gasteiger charge is -2.04. The first-order valence-electron chi connectivity index (χ1n) is 5.55. The summed E-state index contributed by atoms with van der Waals surface area (Å²) < 4.78 is 26.7. The third-order valence-electron chi connectivity index (χ3n) is 1.69. The van der Waals surface area contributed by atoms with E-state index in [2.05, 4.69) is 18.2 Å². The van der Waals surface area contributed by atoms with E-state index in [1.165, 1.54) is 0 Å². The lowest BCUT2D eigenvalue weighted by molar-refractivity contribution is 0.604. The fourth-order valence-electron chi connectivity index (χ4n) is 0.837. The molecule has 0 unspecified atom stereocenters. The van der Waals surface area contributed by atoms with Crippen LogP contribution in [0.1, 0.15) is 39.5 Å². The first-order chi connectivity index (χ1) is 7.49. The maximum Gasteiger partial charge on any atom is 0.251 e. The Labute approximate surface area is 108 Å². The van der Waals surface area contributed by atoms with Crippen LogP contribution >= 0.6 is 23.5 Å². The van der Waals surface area contributed by atoms with Gasteiger partial charge in [-0.25, -0.2) is 8.42 Å². The highest BCUT2D eigenvalue weighted by Crippen LogP contribution is 2.20. The zero-order chi connectivity index (χ0) is 12.4. The quantitative estimate of drug-likeness (QED) is 0.408. The number of hydrogen-bond donors (Lipinski definition) is 0. The van der Waals surface area contributed by atoms with Gasteiger partial charge in [-0.2, -0.15) is 0 Å². The van der Waals surface area contributed by atoms with Crippen molar-refractivity contribution in [2.45, 2.75) is 39.5 Å². The van der Waals surface area contributed by atoms with Crippen molar-refractivity contribution >= 4 is 37.9 Å². The van der Waals surface area contributed by atoms with Gasteiger partial charge in [-0.1, -0.05) is 50.2 Å². The Balaban J connectivity index is 4.22. The second-order valence-electron chi connectivity index (χ2n) is 3.49. The largest absolute Gasteiger partial charge is 0.251 e. The van der Waals surface area contributed by atoms with E-state index in [0.717, 1.165) is 43.4 Å². The summed E-state index contributed by atoms with van der Waals surface area (Å²) in [5, 5.41) is 0. The van der Waals surface area contributed by atoms with Gasteiger partial charge in [0.25, 0.3) is 10.0 Å². The lowest BCUT2D eigenvalue weighted by atomic mass is 10.4. The zero-order valence-electron chi connectivity index (χ0n) is 10.2. The highest BCUT2D eigenvalue weighted by atomic mass is 32.2. The molecule has 0 bridgehead atoms. The molecule has 0 fully saturated rings. The SMILES string of the molecule is CCCCSC(=NS(C)(=O)=O)SCCCC. The van der Waals surface area contributed by atoms with Crippen molar-refractivity contribution in [3.63, 3.8) is 0 Å². The van der Waals surface area contributed by atoms with Crippen molar-refractivity contribution in [1.29, 1.82) is 0 Å². The maximum absolute atomic E-state index is 11.1. The van der Waals surface area contributed by atoms with Gasteiger partial charge in [-0.15, -0.1) is 4.40 Å². The van der Waals surface area contributed by atoms with Gasteiger partial charge in [-0.05, 0) is 12.8 Å². The molecular formula is C10H21NO2S3. The average Bonchev–Trinajstić information content (AvgIpc) is 2.16. The topological polar surface area (TPSA) is 46.5 Å². The summed E-state index contributed by atoms with van der Waals surface area (Å²) in [5.41, 5.74) is 0. The fraction of sp³-hybridized carbons (Fsp3) is 0.900. The molecule has 0 radical (unpaired) electrons. The number of unbranched alkanes of at least 4 members (excludes halogenated alkanes) is 2. The van der Waals surface area contributed by atoms with Gasteiger partial charge >= 0.3 is 0 Å². The normalized spacial score (nSPS) is 11.4. The number of hydrogen-bond acceptors (Lipinski definition) is 4. The number of rotatable bonds is 7. The Morgan fingerprint density at radius 3 is 1.81 bits per heavy atom. The van der Waals surface area contributed by atoms with E-state index in [0.29, 0.717) is 4.38 Å². The Morgan fingerprint density at radius 2 is 1.50 bits per heavy atom. The van der Waals surface area contributed by atoms with Crippen LogP contribution in [0.5, 0.6) is 0 Å². The monoisotopic (exact) mass is 283 g/mol. The molecule has 0 amide bonds. The molecule has 0 N–H and O–H groups in total. The van der Waals surface area contributed by atoms with Gasteiger partial charge in [0.15, 0.2) is 0 Å². The van der Waals surface area contributed by atoms with Crippen LogP contribution < -0.4 is 0 Å². The predicted molar refractivity (Wildman–Crippen MR) is 77.0 cm³/mol. The molecule has 0 aliphatic carbocycles. The van der Waals surface area contributed by atoms with E-state index in [9.17, 15) is 8.42 Å². The van der Waals surface area contributed by atoms with Gasteiger partial charge in [-0.3, -0.25) is 0 Å². The maximum atomic E-state index is 11.1. The molecule has 0 aliphatic heterocycles. The molecule has 6 heteroatoms. The molecule has 0 heterocycles. The molecule has 3 nitrogen and oxygen atoms in total. The van der Waals surface area contributed by atoms with Crippen LogP contribution in [-0.2, 0) is 10.0 Å². The fourth-order valence-corrected chi connectivity index (χ4v) is 4.39. The lowest BCUT2D eigenvalue weighted by Crippen LogP contribution is -1.98. The number of sulfonamides is 1. The van der Waals surface area contributed by atoms with Crippen molar-refractivity contribution < 1.29 is 8.42 Å².